The summed E-state index contributed by atoms with van der Waals surface area (Å²) in [5, 5.41) is 3.67. The van der Waals surface area contributed by atoms with Crippen molar-refractivity contribution in [2.45, 2.75) is 38.8 Å². The van der Waals surface area contributed by atoms with Gasteiger partial charge in [-0.25, -0.2) is 18.6 Å². The first-order valence-electron chi connectivity index (χ1n) is 14.8. The van der Waals surface area contributed by atoms with Crippen LogP contribution in [0, 0.1) is 29.4 Å². The second-order valence-corrected chi connectivity index (χ2v) is 12.1. The Labute approximate surface area is 247 Å². The summed E-state index contributed by atoms with van der Waals surface area (Å²) in [6.07, 6.45) is 5.79. The SMILES string of the molecule is C=CC(=O)N1CCN(c2nc(=O)n3c4nc(c(F)cc24)-c2c(F)cccc2NCCC2C4C=CN=C(C(C)C)[C@@]423)[C@@H](C)C1. The zero-order valence-electron chi connectivity index (χ0n) is 24.3. The number of halogens is 2. The highest BCUT2D eigenvalue weighted by Crippen LogP contribution is 2.62. The molecule has 2 bridgehead atoms. The van der Waals surface area contributed by atoms with Crippen molar-refractivity contribution in [1.29, 1.82) is 0 Å². The van der Waals surface area contributed by atoms with E-state index in [9.17, 15) is 9.59 Å². The number of anilines is 2. The van der Waals surface area contributed by atoms with E-state index in [1.165, 1.54) is 18.2 Å². The van der Waals surface area contributed by atoms with E-state index in [1.807, 2.05) is 37.9 Å². The standard InChI is InChI=1S/C32H33F2N7O2/c1-5-25(42)39-13-14-40(18(4)16-39)29-19-15-23(34)27-26-22(33)7-6-8-24(26)35-11-9-20-21-10-12-36-28(17(2)3)32(20,21)41(30(19)37-27)31(43)38-29/h5-8,10,12,15,17-18,20-21,35H,1,9,11,13-14,16H2,2-4H3/t18-,20?,21?,32-/m0/s1. The third-order valence-electron chi connectivity index (χ3n) is 9.44. The number of piperazine rings is 1. The molecule has 7 rings (SSSR count). The minimum atomic E-state index is -0.816. The van der Waals surface area contributed by atoms with Gasteiger partial charge in [0.1, 0.15) is 23.0 Å². The number of aliphatic imine (C=N–C) groups is 1. The molecule has 3 aromatic rings. The van der Waals surface area contributed by atoms with Crippen LogP contribution in [-0.4, -0.2) is 63.3 Å². The molecule has 1 amide bonds. The number of carbonyl (C=O) groups excluding carboxylic acids is 1. The van der Waals surface area contributed by atoms with Crippen LogP contribution in [0.15, 0.2) is 59.0 Å². The molecule has 1 aliphatic carbocycles. The molecular formula is C32H33F2N7O2. The van der Waals surface area contributed by atoms with Gasteiger partial charge in [0.25, 0.3) is 0 Å². The van der Waals surface area contributed by atoms with Gasteiger partial charge >= 0.3 is 5.69 Å². The molecule has 11 heteroatoms. The second kappa shape index (κ2) is 9.82. The van der Waals surface area contributed by atoms with Crippen LogP contribution in [0.3, 0.4) is 0 Å². The van der Waals surface area contributed by atoms with Gasteiger partial charge in [-0.3, -0.25) is 14.4 Å². The molecule has 5 heterocycles. The van der Waals surface area contributed by atoms with Gasteiger partial charge in [-0.05, 0) is 49.5 Å². The van der Waals surface area contributed by atoms with Gasteiger partial charge in [0.2, 0.25) is 5.91 Å². The summed E-state index contributed by atoms with van der Waals surface area (Å²) >= 11 is 0. The van der Waals surface area contributed by atoms with Gasteiger partial charge in [-0.2, -0.15) is 4.98 Å². The molecule has 2 fully saturated rings. The highest BCUT2D eigenvalue weighted by atomic mass is 19.1. The van der Waals surface area contributed by atoms with Gasteiger partial charge in [0.05, 0.1) is 16.5 Å². The maximum atomic E-state index is 16.2. The number of rotatable bonds is 3. The average molecular weight is 586 g/mol. The zero-order valence-corrected chi connectivity index (χ0v) is 24.3. The van der Waals surface area contributed by atoms with Gasteiger partial charge < -0.3 is 15.1 Å². The summed E-state index contributed by atoms with van der Waals surface area (Å²) in [6, 6.07) is 5.69. The number of benzene rings is 1. The van der Waals surface area contributed by atoms with Gasteiger partial charge in [-0.1, -0.05) is 32.6 Å². The molecule has 0 radical (unpaired) electrons. The maximum Gasteiger partial charge on any atom is 0.352 e. The largest absolute Gasteiger partial charge is 0.384 e. The number of pyridine rings is 1. The Morgan fingerprint density at radius 2 is 2.02 bits per heavy atom. The highest BCUT2D eigenvalue weighted by molar-refractivity contribution is 6.01. The number of amides is 1. The Hall–Kier alpha value is -4.41. The number of nitrogens with zero attached hydrogens (tertiary/aromatic N) is 6. The van der Waals surface area contributed by atoms with E-state index in [0.717, 1.165) is 5.71 Å². The first-order valence-corrected chi connectivity index (χ1v) is 14.8. The van der Waals surface area contributed by atoms with E-state index in [4.69, 9.17) is 9.98 Å². The van der Waals surface area contributed by atoms with Crippen LogP contribution in [0.2, 0.25) is 0 Å². The lowest BCUT2D eigenvalue weighted by molar-refractivity contribution is -0.126. The van der Waals surface area contributed by atoms with Crippen LogP contribution in [0.4, 0.5) is 20.3 Å². The molecule has 9 nitrogen and oxygen atoms in total. The Balaban J connectivity index is 1.52. The summed E-state index contributed by atoms with van der Waals surface area (Å²) < 4.78 is 33.2. The van der Waals surface area contributed by atoms with Crippen LogP contribution >= 0.6 is 0 Å². The Kier molecular flexibility index (Phi) is 6.26. The van der Waals surface area contributed by atoms with Crippen molar-refractivity contribution in [1.82, 2.24) is 19.4 Å². The molecule has 2 aromatic heterocycles. The second-order valence-electron chi connectivity index (χ2n) is 12.1. The molecule has 1 saturated carbocycles. The molecule has 3 aliphatic heterocycles. The minimum absolute atomic E-state index is 0.00578. The fourth-order valence-corrected chi connectivity index (χ4v) is 7.58. The zero-order chi connectivity index (χ0) is 30.2. The smallest absolute Gasteiger partial charge is 0.352 e. The van der Waals surface area contributed by atoms with Gasteiger partial charge in [-0.15, -0.1) is 0 Å². The first kappa shape index (κ1) is 27.4. The van der Waals surface area contributed by atoms with Crippen LogP contribution in [0.1, 0.15) is 27.2 Å². The molecule has 1 N–H and O–H groups in total. The molecular weight excluding hydrogens is 552 g/mol. The lowest BCUT2D eigenvalue weighted by Crippen LogP contribution is -2.54. The summed E-state index contributed by atoms with van der Waals surface area (Å²) in [5.41, 5.74) is 0.0618. The lowest BCUT2D eigenvalue weighted by Gasteiger charge is -2.40. The van der Waals surface area contributed by atoms with Crippen LogP contribution < -0.4 is 15.9 Å². The third kappa shape index (κ3) is 3.89. The molecule has 1 saturated heterocycles. The van der Waals surface area contributed by atoms with E-state index < -0.39 is 22.9 Å². The molecule has 4 atom stereocenters. The topological polar surface area (TPSA) is 95.7 Å². The number of aromatic nitrogens is 3. The van der Waals surface area contributed by atoms with Crippen LogP contribution in [-0.2, 0) is 10.3 Å². The molecule has 2 unspecified atom stereocenters. The van der Waals surface area contributed by atoms with Crippen molar-refractivity contribution in [2.24, 2.45) is 22.7 Å². The Morgan fingerprint density at radius 3 is 2.77 bits per heavy atom. The van der Waals surface area contributed by atoms with Gasteiger partial charge in [0.15, 0.2) is 5.82 Å². The summed E-state index contributed by atoms with van der Waals surface area (Å²) in [7, 11) is 0. The predicted molar refractivity (Wildman–Crippen MR) is 162 cm³/mol. The van der Waals surface area contributed by atoms with Crippen molar-refractivity contribution >= 4 is 34.2 Å². The summed E-state index contributed by atoms with van der Waals surface area (Å²) in [6.45, 7) is 11.3. The van der Waals surface area contributed by atoms with Crippen molar-refractivity contribution in [3.63, 3.8) is 0 Å². The number of carbonyl (C=O) groups is 1. The third-order valence-corrected chi connectivity index (χ3v) is 9.44. The molecule has 222 valence electrons. The fraction of sp³-hybridized carbons (Fsp3) is 0.406. The molecule has 1 aromatic carbocycles. The number of fused-ring (bicyclic) bond motifs is 4. The van der Waals surface area contributed by atoms with Gasteiger partial charge in [0, 0.05) is 55.7 Å². The van der Waals surface area contributed by atoms with E-state index in [-0.39, 0.29) is 46.6 Å². The predicted octanol–water partition coefficient (Wildman–Crippen LogP) is 4.34. The molecule has 43 heavy (non-hydrogen) atoms. The quantitative estimate of drug-likeness (QED) is 0.460. The monoisotopic (exact) mass is 585 g/mol. The Morgan fingerprint density at radius 1 is 1.21 bits per heavy atom. The van der Waals surface area contributed by atoms with Crippen molar-refractivity contribution < 1.29 is 13.6 Å². The Bertz CT molecular complexity index is 1820. The fourth-order valence-electron chi connectivity index (χ4n) is 7.58. The van der Waals surface area contributed by atoms with E-state index in [2.05, 4.69) is 16.9 Å². The van der Waals surface area contributed by atoms with Crippen molar-refractivity contribution in [3.8, 4) is 11.3 Å². The average Bonchev–Trinajstić information content (AvgIpc) is 3.63. The van der Waals surface area contributed by atoms with E-state index in [1.54, 1.807) is 21.6 Å². The van der Waals surface area contributed by atoms with E-state index in [0.29, 0.717) is 49.5 Å². The molecule has 4 aliphatic rings. The number of nitrogens with one attached hydrogen (secondary N) is 1. The lowest BCUT2D eigenvalue weighted by atomic mass is 9.92. The summed E-state index contributed by atoms with van der Waals surface area (Å²) in [5.74, 6) is -1.20. The molecule has 1 spiro atoms. The maximum absolute atomic E-state index is 16.2. The number of hydrogen-bond donors (Lipinski definition) is 1. The first-order chi connectivity index (χ1) is 20.7. The number of allylic oxidation sites excluding steroid dienone is 1. The summed E-state index contributed by atoms with van der Waals surface area (Å²) in [4.78, 5) is 44.4. The van der Waals surface area contributed by atoms with Crippen LogP contribution in [0.25, 0.3) is 22.3 Å². The van der Waals surface area contributed by atoms with Crippen LogP contribution in [0.5, 0.6) is 0 Å². The van der Waals surface area contributed by atoms with Crippen molar-refractivity contribution in [2.75, 3.05) is 36.4 Å². The van der Waals surface area contributed by atoms with E-state index >= 15 is 8.78 Å². The number of hydrogen-bond acceptors (Lipinski definition) is 7. The normalized spacial score (nSPS) is 25.8. The highest BCUT2D eigenvalue weighted by Gasteiger charge is 2.69. The van der Waals surface area contributed by atoms with Crippen molar-refractivity contribution in [3.05, 3.63) is 71.3 Å². The minimum Gasteiger partial charge on any atom is -0.384 e.